The van der Waals surface area contributed by atoms with E-state index in [0.717, 1.165) is 5.56 Å². The fraction of sp³-hybridized carbons (Fsp3) is 0. The molecule has 0 aliphatic heterocycles. The van der Waals surface area contributed by atoms with E-state index in [9.17, 15) is 0 Å². The maximum absolute atomic E-state index is 4.40. The maximum Gasteiger partial charge on any atom is 0.198 e. The largest absolute Gasteiger partial charge is 0.238 e. The molecular weight excluding hydrogens is 216 g/mol. The topological polar surface area (TPSA) is 80.2 Å². The number of rotatable bonds is 2. The monoisotopic (exact) mass is 224 g/mol. The molecule has 0 radical (unpaired) electrons. The second kappa shape index (κ2) is 4.09. The van der Waals surface area contributed by atoms with Crippen LogP contribution in [0.5, 0.6) is 0 Å². The van der Waals surface area contributed by atoms with Crippen LogP contribution < -0.4 is 0 Å². The van der Waals surface area contributed by atoms with Crippen LogP contribution in [0.2, 0.25) is 0 Å². The Labute approximate surface area is 96.8 Å². The van der Waals surface area contributed by atoms with Crippen LogP contribution in [0.4, 0.5) is 0 Å². The number of aromatic nitrogens is 6. The molecule has 0 amide bonds. The number of tetrazole rings is 1. The van der Waals surface area contributed by atoms with Gasteiger partial charge in [0.25, 0.3) is 0 Å². The van der Waals surface area contributed by atoms with Gasteiger partial charge in [0.2, 0.25) is 0 Å². The van der Waals surface area contributed by atoms with E-state index in [1.807, 2.05) is 30.3 Å². The van der Waals surface area contributed by atoms with E-state index in [1.54, 1.807) is 12.3 Å². The highest BCUT2D eigenvalue weighted by molar-refractivity contribution is 5.58. The Hall–Kier alpha value is -2.63. The molecule has 3 rings (SSSR count). The second-order valence-electron chi connectivity index (χ2n) is 3.38. The minimum Gasteiger partial charge on any atom is -0.238 e. The van der Waals surface area contributed by atoms with Crippen molar-refractivity contribution in [2.75, 3.05) is 0 Å². The predicted molar refractivity (Wildman–Crippen MR) is 60.6 cm³/mol. The first-order valence-corrected chi connectivity index (χ1v) is 5.06. The fourth-order valence-electron chi connectivity index (χ4n) is 1.48. The molecule has 2 aromatic heterocycles. The van der Waals surface area contributed by atoms with Gasteiger partial charge in [-0.15, -0.1) is 5.10 Å². The lowest BCUT2D eigenvalue weighted by Gasteiger charge is -2.00. The van der Waals surface area contributed by atoms with Crippen LogP contribution >= 0.6 is 0 Å². The summed E-state index contributed by atoms with van der Waals surface area (Å²) in [5.74, 6) is 1.18. The van der Waals surface area contributed by atoms with Crippen molar-refractivity contribution in [2.45, 2.75) is 0 Å². The molecular formula is C11H8N6. The SMILES string of the molecule is c1ccc(-c2nccc(-c3nnn[nH]3)n2)cc1. The van der Waals surface area contributed by atoms with Gasteiger partial charge in [-0.1, -0.05) is 30.3 Å². The van der Waals surface area contributed by atoms with Crippen molar-refractivity contribution in [1.82, 2.24) is 30.6 Å². The molecule has 2 heterocycles. The van der Waals surface area contributed by atoms with E-state index in [-0.39, 0.29) is 0 Å². The van der Waals surface area contributed by atoms with Crippen molar-refractivity contribution in [3.8, 4) is 22.9 Å². The number of H-pyrrole nitrogens is 1. The standard InChI is InChI=1S/C11H8N6/c1-2-4-8(5-3-1)10-12-7-6-9(13-10)11-14-16-17-15-11/h1-7H,(H,14,15,16,17). The van der Waals surface area contributed by atoms with Crippen LogP contribution in [0.25, 0.3) is 22.9 Å². The van der Waals surface area contributed by atoms with Crippen LogP contribution in [-0.4, -0.2) is 30.6 Å². The summed E-state index contributed by atoms with van der Waals surface area (Å²) in [5.41, 5.74) is 1.63. The zero-order chi connectivity index (χ0) is 11.5. The molecule has 0 unspecified atom stereocenters. The van der Waals surface area contributed by atoms with Crippen LogP contribution in [0.15, 0.2) is 42.6 Å². The molecule has 0 fully saturated rings. The van der Waals surface area contributed by atoms with E-state index in [0.29, 0.717) is 17.3 Å². The van der Waals surface area contributed by atoms with E-state index in [1.165, 1.54) is 0 Å². The molecule has 0 aliphatic rings. The maximum atomic E-state index is 4.40. The summed E-state index contributed by atoms with van der Waals surface area (Å²) in [6, 6.07) is 11.5. The van der Waals surface area contributed by atoms with Gasteiger partial charge in [-0.2, -0.15) is 0 Å². The van der Waals surface area contributed by atoms with Gasteiger partial charge in [0, 0.05) is 11.8 Å². The van der Waals surface area contributed by atoms with Gasteiger partial charge in [-0.25, -0.2) is 15.1 Å². The summed E-state index contributed by atoms with van der Waals surface area (Å²) in [5, 5.41) is 13.5. The van der Waals surface area contributed by atoms with Gasteiger partial charge in [-0.05, 0) is 16.5 Å². The van der Waals surface area contributed by atoms with Gasteiger partial charge in [0.15, 0.2) is 11.6 Å². The summed E-state index contributed by atoms with van der Waals surface area (Å²) in [6.07, 6.45) is 1.69. The molecule has 17 heavy (non-hydrogen) atoms. The van der Waals surface area contributed by atoms with Crippen molar-refractivity contribution < 1.29 is 0 Å². The Morgan fingerprint density at radius 1 is 1.00 bits per heavy atom. The van der Waals surface area contributed by atoms with Gasteiger partial charge < -0.3 is 0 Å². The predicted octanol–water partition coefficient (Wildman–Crippen LogP) is 1.32. The lowest BCUT2D eigenvalue weighted by molar-refractivity contribution is 0.881. The zero-order valence-corrected chi connectivity index (χ0v) is 8.78. The Morgan fingerprint density at radius 3 is 2.65 bits per heavy atom. The van der Waals surface area contributed by atoms with E-state index < -0.39 is 0 Å². The van der Waals surface area contributed by atoms with Crippen molar-refractivity contribution in [3.05, 3.63) is 42.6 Å². The molecule has 1 N–H and O–H groups in total. The average Bonchev–Trinajstić information content (AvgIpc) is 2.94. The summed E-state index contributed by atoms with van der Waals surface area (Å²) in [7, 11) is 0. The van der Waals surface area contributed by atoms with Crippen molar-refractivity contribution >= 4 is 0 Å². The molecule has 0 bridgehead atoms. The fourth-order valence-corrected chi connectivity index (χ4v) is 1.48. The second-order valence-corrected chi connectivity index (χ2v) is 3.38. The molecule has 0 aliphatic carbocycles. The highest BCUT2D eigenvalue weighted by atomic mass is 15.5. The Morgan fingerprint density at radius 2 is 1.88 bits per heavy atom. The number of nitrogens with one attached hydrogen (secondary N) is 1. The van der Waals surface area contributed by atoms with Gasteiger partial charge in [-0.3, -0.25) is 0 Å². The molecule has 6 nitrogen and oxygen atoms in total. The number of nitrogens with zero attached hydrogens (tertiary/aromatic N) is 5. The van der Waals surface area contributed by atoms with Crippen LogP contribution in [0.3, 0.4) is 0 Å². The Bertz CT molecular complexity index is 605. The van der Waals surface area contributed by atoms with Crippen molar-refractivity contribution in [1.29, 1.82) is 0 Å². The lowest BCUT2D eigenvalue weighted by Crippen LogP contribution is -1.92. The third-order valence-electron chi connectivity index (χ3n) is 2.28. The molecule has 0 saturated carbocycles. The Kier molecular flexibility index (Phi) is 2.31. The van der Waals surface area contributed by atoms with E-state index in [2.05, 4.69) is 30.6 Å². The smallest absolute Gasteiger partial charge is 0.198 e. The summed E-state index contributed by atoms with van der Waals surface area (Å²) in [4.78, 5) is 8.63. The van der Waals surface area contributed by atoms with Crippen LogP contribution in [0.1, 0.15) is 0 Å². The van der Waals surface area contributed by atoms with Crippen LogP contribution in [-0.2, 0) is 0 Å². The first-order valence-electron chi connectivity index (χ1n) is 5.06. The van der Waals surface area contributed by atoms with Gasteiger partial charge in [0.05, 0.1) is 0 Å². The summed E-state index contributed by atoms with van der Waals surface area (Å²) in [6.45, 7) is 0. The molecule has 0 saturated heterocycles. The first-order chi connectivity index (χ1) is 8.43. The molecule has 3 aromatic rings. The quantitative estimate of drug-likeness (QED) is 0.710. The minimum atomic E-state index is 0.532. The number of hydrogen-bond donors (Lipinski definition) is 1. The van der Waals surface area contributed by atoms with Crippen LogP contribution in [0, 0.1) is 0 Å². The van der Waals surface area contributed by atoms with Crippen molar-refractivity contribution in [2.24, 2.45) is 0 Å². The molecule has 0 spiro atoms. The lowest BCUT2D eigenvalue weighted by atomic mass is 10.2. The van der Waals surface area contributed by atoms with Crippen molar-refractivity contribution in [3.63, 3.8) is 0 Å². The van der Waals surface area contributed by atoms with Gasteiger partial charge >= 0.3 is 0 Å². The number of benzene rings is 1. The van der Waals surface area contributed by atoms with Gasteiger partial charge in [0.1, 0.15) is 5.69 Å². The molecule has 82 valence electrons. The first kappa shape index (κ1) is 9.59. The van der Waals surface area contributed by atoms with E-state index >= 15 is 0 Å². The zero-order valence-electron chi connectivity index (χ0n) is 8.78. The number of hydrogen-bond acceptors (Lipinski definition) is 5. The highest BCUT2D eigenvalue weighted by Gasteiger charge is 2.06. The molecule has 0 atom stereocenters. The van der Waals surface area contributed by atoms with E-state index in [4.69, 9.17) is 0 Å². The third kappa shape index (κ3) is 1.87. The average molecular weight is 224 g/mol. The summed E-state index contributed by atoms with van der Waals surface area (Å²) < 4.78 is 0. The normalized spacial score (nSPS) is 10.4. The Balaban J connectivity index is 2.06. The number of aromatic amines is 1. The molecule has 1 aromatic carbocycles. The molecule has 6 heteroatoms. The third-order valence-corrected chi connectivity index (χ3v) is 2.28. The minimum absolute atomic E-state index is 0.532. The highest BCUT2D eigenvalue weighted by Crippen LogP contribution is 2.16. The summed E-state index contributed by atoms with van der Waals surface area (Å²) >= 11 is 0.